The van der Waals surface area contributed by atoms with Crippen molar-refractivity contribution in [1.29, 1.82) is 0 Å². The van der Waals surface area contributed by atoms with Crippen molar-refractivity contribution in [1.82, 2.24) is 9.88 Å². The fraction of sp³-hybridized carbons (Fsp3) is 0.294. The molecule has 0 atom stereocenters. The van der Waals surface area contributed by atoms with E-state index in [0.29, 0.717) is 18.7 Å². The lowest BCUT2D eigenvalue weighted by Crippen LogP contribution is -2.49. The average Bonchev–Trinajstić information content (AvgIpc) is 2.56. The standard InChI is InChI=1S/C17H18FN3O/c1-13-16(3-2-8-19-13)17(22)21-11-9-20(10-12-21)15-6-4-14(18)5-7-15/h2-8H,9-12H2,1H3. The van der Waals surface area contributed by atoms with Gasteiger partial charge in [0.05, 0.1) is 5.56 Å². The molecule has 2 aromatic rings. The Morgan fingerprint density at radius 3 is 2.41 bits per heavy atom. The third-order valence-corrected chi connectivity index (χ3v) is 4.00. The van der Waals surface area contributed by atoms with Crippen molar-refractivity contribution >= 4 is 11.6 Å². The van der Waals surface area contributed by atoms with E-state index in [2.05, 4.69) is 9.88 Å². The monoisotopic (exact) mass is 299 g/mol. The molecule has 1 aliphatic rings. The molecule has 1 saturated heterocycles. The molecule has 1 aromatic carbocycles. The highest BCUT2D eigenvalue weighted by Crippen LogP contribution is 2.18. The van der Waals surface area contributed by atoms with Crippen molar-refractivity contribution in [2.24, 2.45) is 0 Å². The molecule has 0 N–H and O–H groups in total. The molecular formula is C17H18FN3O. The molecule has 0 spiro atoms. The summed E-state index contributed by atoms with van der Waals surface area (Å²) in [6.45, 7) is 4.66. The summed E-state index contributed by atoms with van der Waals surface area (Å²) in [4.78, 5) is 20.7. The molecule has 1 fully saturated rings. The van der Waals surface area contributed by atoms with Crippen molar-refractivity contribution in [3.8, 4) is 0 Å². The number of carbonyl (C=O) groups excluding carboxylic acids is 1. The number of anilines is 1. The number of benzene rings is 1. The smallest absolute Gasteiger partial charge is 0.255 e. The van der Waals surface area contributed by atoms with Gasteiger partial charge in [0.1, 0.15) is 5.82 Å². The summed E-state index contributed by atoms with van der Waals surface area (Å²) in [7, 11) is 0. The Morgan fingerprint density at radius 1 is 1.09 bits per heavy atom. The third kappa shape index (κ3) is 2.93. The van der Waals surface area contributed by atoms with Crippen LogP contribution in [0.4, 0.5) is 10.1 Å². The van der Waals surface area contributed by atoms with Crippen molar-refractivity contribution in [2.75, 3.05) is 31.1 Å². The molecule has 22 heavy (non-hydrogen) atoms. The van der Waals surface area contributed by atoms with Crippen LogP contribution in [0.1, 0.15) is 16.1 Å². The van der Waals surface area contributed by atoms with Gasteiger partial charge < -0.3 is 9.80 Å². The molecule has 0 saturated carbocycles. The Morgan fingerprint density at radius 2 is 1.77 bits per heavy atom. The SMILES string of the molecule is Cc1ncccc1C(=O)N1CCN(c2ccc(F)cc2)CC1. The van der Waals surface area contributed by atoms with E-state index in [1.165, 1.54) is 12.1 Å². The second-order valence-corrected chi connectivity index (χ2v) is 5.39. The number of piperazine rings is 1. The minimum absolute atomic E-state index is 0.0318. The van der Waals surface area contributed by atoms with Gasteiger partial charge in [-0.05, 0) is 43.3 Å². The fourth-order valence-corrected chi connectivity index (χ4v) is 2.70. The van der Waals surface area contributed by atoms with Gasteiger partial charge in [-0.3, -0.25) is 9.78 Å². The fourth-order valence-electron chi connectivity index (χ4n) is 2.70. The molecule has 1 aliphatic heterocycles. The molecule has 0 aliphatic carbocycles. The summed E-state index contributed by atoms with van der Waals surface area (Å²) in [5, 5.41) is 0. The van der Waals surface area contributed by atoms with Gasteiger partial charge in [0.25, 0.3) is 5.91 Å². The van der Waals surface area contributed by atoms with Crippen LogP contribution in [0, 0.1) is 12.7 Å². The number of carbonyl (C=O) groups is 1. The molecule has 1 amide bonds. The van der Waals surface area contributed by atoms with Gasteiger partial charge in [-0.25, -0.2) is 4.39 Å². The van der Waals surface area contributed by atoms with Crippen LogP contribution in [0.5, 0.6) is 0 Å². The zero-order chi connectivity index (χ0) is 15.5. The number of rotatable bonds is 2. The van der Waals surface area contributed by atoms with Crippen LogP contribution in [-0.4, -0.2) is 42.0 Å². The van der Waals surface area contributed by atoms with Gasteiger partial charge in [0.15, 0.2) is 0 Å². The number of aromatic nitrogens is 1. The Kier molecular flexibility index (Phi) is 4.04. The van der Waals surface area contributed by atoms with E-state index in [1.54, 1.807) is 24.4 Å². The Balaban J connectivity index is 1.65. The molecule has 3 rings (SSSR count). The molecular weight excluding hydrogens is 281 g/mol. The van der Waals surface area contributed by atoms with Crippen molar-refractivity contribution in [3.63, 3.8) is 0 Å². The van der Waals surface area contributed by atoms with E-state index in [-0.39, 0.29) is 11.7 Å². The van der Waals surface area contributed by atoms with Crippen LogP contribution in [0.25, 0.3) is 0 Å². The largest absolute Gasteiger partial charge is 0.368 e. The molecule has 2 heterocycles. The number of nitrogens with zero attached hydrogens (tertiary/aromatic N) is 3. The molecule has 0 radical (unpaired) electrons. The summed E-state index contributed by atoms with van der Waals surface area (Å²) in [6, 6.07) is 10.1. The lowest BCUT2D eigenvalue weighted by Gasteiger charge is -2.36. The highest BCUT2D eigenvalue weighted by atomic mass is 19.1. The maximum absolute atomic E-state index is 13.0. The van der Waals surface area contributed by atoms with Gasteiger partial charge in [-0.2, -0.15) is 0 Å². The number of hydrogen-bond acceptors (Lipinski definition) is 3. The first-order valence-electron chi connectivity index (χ1n) is 7.36. The van der Waals surface area contributed by atoms with Gasteiger partial charge >= 0.3 is 0 Å². The summed E-state index contributed by atoms with van der Waals surface area (Å²) in [5.74, 6) is -0.200. The predicted octanol–water partition coefficient (Wildman–Crippen LogP) is 2.49. The van der Waals surface area contributed by atoms with Crippen LogP contribution in [-0.2, 0) is 0 Å². The highest BCUT2D eigenvalue weighted by Gasteiger charge is 2.23. The van der Waals surface area contributed by atoms with Crippen molar-refractivity contribution < 1.29 is 9.18 Å². The van der Waals surface area contributed by atoms with Gasteiger partial charge in [-0.1, -0.05) is 0 Å². The molecule has 0 bridgehead atoms. The quantitative estimate of drug-likeness (QED) is 0.855. The summed E-state index contributed by atoms with van der Waals surface area (Å²) < 4.78 is 13.0. The van der Waals surface area contributed by atoms with Crippen LogP contribution >= 0.6 is 0 Å². The van der Waals surface area contributed by atoms with E-state index < -0.39 is 0 Å². The molecule has 4 nitrogen and oxygen atoms in total. The second kappa shape index (κ2) is 6.13. The number of amides is 1. The van der Waals surface area contributed by atoms with Gasteiger partial charge in [-0.15, -0.1) is 0 Å². The minimum Gasteiger partial charge on any atom is -0.368 e. The average molecular weight is 299 g/mol. The van der Waals surface area contributed by atoms with Crippen LogP contribution < -0.4 is 4.90 Å². The van der Waals surface area contributed by atoms with Crippen molar-refractivity contribution in [2.45, 2.75) is 6.92 Å². The first-order chi connectivity index (χ1) is 10.6. The van der Waals surface area contributed by atoms with Crippen LogP contribution in [0.3, 0.4) is 0 Å². The molecule has 5 heteroatoms. The van der Waals surface area contributed by atoms with E-state index >= 15 is 0 Å². The van der Waals surface area contributed by atoms with Crippen LogP contribution in [0.15, 0.2) is 42.6 Å². The normalized spacial score (nSPS) is 15.0. The maximum atomic E-state index is 13.0. The number of hydrogen-bond donors (Lipinski definition) is 0. The Hall–Kier alpha value is -2.43. The summed E-state index contributed by atoms with van der Waals surface area (Å²) in [5.41, 5.74) is 2.41. The van der Waals surface area contributed by atoms with Crippen LogP contribution in [0.2, 0.25) is 0 Å². The lowest BCUT2D eigenvalue weighted by molar-refractivity contribution is 0.0745. The van der Waals surface area contributed by atoms with Crippen molar-refractivity contribution in [3.05, 3.63) is 59.7 Å². The van der Waals surface area contributed by atoms with Gasteiger partial charge in [0.2, 0.25) is 0 Å². The zero-order valence-corrected chi connectivity index (χ0v) is 12.5. The number of halogens is 1. The second-order valence-electron chi connectivity index (χ2n) is 5.39. The van der Waals surface area contributed by atoms with E-state index in [1.807, 2.05) is 17.9 Å². The predicted molar refractivity (Wildman–Crippen MR) is 83.5 cm³/mol. The van der Waals surface area contributed by atoms with Gasteiger partial charge in [0, 0.05) is 43.8 Å². The first kappa shape index (κ1) is 14.5. The van der Waals surface area contributed by atoms with E-state index in [0.717, 1.165) is 24.5 Å². The van der Waals surface area contributed by atoms with E-state index in [4.69, 9.17) is 0 Å². The zero-order valence-electron chi connectivity index (χ0n) is 12.5. The minimum atomic E-state index is -0.232. The Bertz CT molecular complexity index is 664. The third-order valence-electron chi connectivity index (χ3n) is 4.00. The summed E-state index contributed by atoms with van der Waals surface area (Å²) in [6.07, 6.45) is 1.69. The molecule has 114 valence electrons. The first-order valence-corrected chi connectivity index (χ1v) is 7.36. The maximum Gasteiger partial charge on any atom is 0.255 e. The molecule has 1 aromatic heterocycles. The lowest BCUT2D eigenvalue weighted by atomic mass is 10.1. The number of aryl methyl sites for hydroxylation is 1. The summed E-state index contributed by atoms with van der Waals surface area (Å²) >= 11 is 0. The molecule has 0 unspecified atom stereocenters. The Labute approximate surface area is 129 Å². The van der Waals surface area contributed by atoms with E-state index in [9.17, 15) is 9.18 Å². The number of pyridine rings is 1. The topological polar surface area (TPSA) is 36.4 Å². The highest BCUT2D eigenvalue weighted by molar-refractivity contribution is 5.95.